The highest BCUT2D eigenvalue weighted by molar-refractivity contribution is 5.85. The lowest BCUT2D eigenvalue weighted by Crippen LogP contribution is -2.21. The van der Waals surface area contributed by atoms with Crippen molar-refractivity contribution in [3.05, 3.63) is 12.2 Å². The Labute approximate surface area is 88.4 Å². The molecule has 0 rings (SSSR count). The van der Waals surface area contributed by atoms with Crippen LogP contribution in [0.3, 0.4) is 0 Å². The van der Waals surface area contributed by atoms with Crippen molar-refractivity contribution in [1.82, 2.24) is 0 Å². The van der Waals surface area contributed by atoms with Crippen LogP contribution < -0.4 is 0 Å². The van der Waals surface area contributed by atoms with E-state index in [2.05, 4.69) is 6.92 Å². The molecule has 0 aromatic heterocycles. The summed E-state index contributed by atoms with van der Waals surface area (Å²) in [6, 6.07) is 0. The van der Waals surface area contributed by atoms with Gasteiger partial charge in [0.25, 0.3) is 0 Å². The van der Waals surface area contributed by atoms with E-state index >= 15 is 0 Å². The van der Waals surface area contributed by atoms with Gasteiger partial charge >= 0.3 is 6.18 Å². The molecule has 4 heteroatoms. The summed E-state index contributed by atoms with van der Waals surface area (Å²) >= 11 is 0. The first-order valence-corrected chi connectivity index (χ1v) is 5.23. The van der Waals surface area contributed by atoms with E-state index < -0.39 is 18.4 Å². The average molecular weight is 222 g/mol. The number of ketones is 1. The van der Waals surface area contributed by atoms with Crippen LogP contribution in [0.5, 0.6) is 0 Å². The summed E-state index contributed by atoms with van der Waals surface area (Å²) in [7, 11) is 0. The third-order valence-electron chi connectivity index (χ3n) is 2.01. The molecule has 88 valence electrons. The molecule has 0 spiro atoms. The fourth-order valence-electron chi connectivity index (χ4n) is 1.11. The highest BCUT2D eigenvalue weighted by Crippen LogP contribution is 2.18. The van der Waals surface area contributed by atoms with Gasteiger partial charge in [-0.1, -0.05) is 38.3 Å². The van der Waals surface area contributed by atoms with Crippen LogP contribution in [0.25, 0.3) is 0 Å². The average Bonchev–Trinajstić information content (AvgIpc) is 2.14. The summed E-state index contributed by atoms with van der Waals surface area (Å²) in [4.78, 5) is 10.4. The third-order valence-corrected chi connectivity index (χ3v) is 2.01. The van der Waals surface area contributed by atoms with Gasteiger partial charge in [0.15, 0.2) is 0 Å². The van der Waals surface area contributed by atoms with Gasteiger partial charge in [0.2, 0.25) is 5.78 Å². The lowest BCUT2D eigenvalue weighted by atomic mass is 10.1. The Morgan fingerprint density at radius 2 is 1.80 bits per heavy atom. The van der Waals surface area contributed by atoms with Crippen LogP contribution in [0, 0.1) is 0 Å². The molecule has 0 aromatic rings. The smallest absolute Gasteiger partial charge is 0.289 e. The maximum Gasteiger partial charge on any atom is 0.450 e. The third kappa shape index (κ3) is 8.21. The molecule has 0 saturated heterocycles. The summed E-state index contributed by atoms with van der Waals surface area (Å²) in [6.45, 7) is 2.10. The Balaban J connectivity index is 3.51. The van der Waals surface area contributed by atoms with E-state index in [1.54, 1.807) is 6.08 Å². The Bertz CT molecular complexity index is 206. The number of hydrogen-bond donors (Lipinski definition) is 0. The highest BCUT2D eigenvalue weighted by atomic mass is 19.4. The zero-order valence-corrected chi connectivity index (χ0v) is 8.94. The number of Topliss-reactive ketones (excluding diaryl/α,β-unsaturated/α-hetero) is 1. The summed E-state index contributed by atoms with van der Waals surface area (Å²) in [5, 5.41) is 0. The van der Waals surface area contributed by atoms with Crippen molar-refractivity contribution in [2.45, 2.75) is 51.6 Å². The fourth-order valence-corrected chi connectivity index (χ4v) is 1.11. The number of carbonyl (C=O) groups excluding carboxylic acids is 1. The van der Waals surface area contributed by atoms with Gasteiger partial charge in [-0.3, -0.25) is 4.79 Å². The van der Waals surface area contributed by atoms with Gasteiger partial charge in [-0.05, 0) is 12.8 Å². The summed E-state index contributed by atoms with van der Waals surface area (Å²) < 4.78 is 35.2. The minimum Gasteiger partial charge on any atom is -0.289 e. The van der Waals surface area contributed by atoms with Crippen LogP contribution in [-0.2, 0) is 4.79 Å². The quantitative estimate of drug-likeness (QED) is 0.469. The van der Waals surface area contributed by atoms with Crippen molar-refractivity contribution < 1.29 is 18.0 Å². The Hall–Kier alpha value is -0.800. The van der Waals surface area contributed by atoms with E-state index in [9.17, 15) is 18.0 Å². The van der Waals surface area contributed by atoms with Crippen molar-refractivity contribution in [1.29, 1.82) is 0 Å². The van der Waals surface area contributed by atoms with Gasteiger partial charge in [0.1, 0.15) is 0 Å². The molecule has 0 heterocycles. The number of hydrogen-bond acceptors (Lipinski definition) is 1. The number of rotatable bonds is 7. The van der Waals surface area contributed by atoms with Crippen molar-refractivity contribution in [3.63, 3.8) is 0 Å². The molecule has 0 radical (unpaired) electrons. The van der Waals surface area contributed by atoms with E-state index in [4.69, 9.17) is 0 Å². The predicted octanol–water partition coefficient (Wildman–Crippen LogP) is 4.03. The summed E-state index contributed by atoms with van der Waals surface area (Å²) in [6.07, 6.45) is 2.85. The molecular formula is C11H17F3O. The second kappa shape index (κ2) is 7.49. The molecule has 0 aromatic carbocycles. The van der Waals surface area contributed by atoms with Crippen LogP contribution in [0.15, 0.2) is 12.2 Å². The molecule has 1 nitrogen and oxygen atoms in total. The van der Waals surface area contributed by atoms with E-state index in [0.717, 1.165) is 32.1 Å². The Morgan fingerprint density at radius 1 is 1.13 bits per heavy atom. The highest BCUT2D eigenvalue weighted by Gasteiger charge is 2.36. The van der Waals surface area contributed by atoms with Gasteiger partial charge in [-0.2, -0.15) is 13.2 Å². The topological polar surface area (TPSA) is 17.1 Å². The van der Waals surface area contributed by atoms with Gasteiger partial charge < -0.3 is 0 Å². The molecule has 0 aliphatic rings. The Kier molecular flexibility index (Phi) is 7.09. The largest absolute Gasteiger partial charge is 0.450 e. The summed E-state index contributed by atoms with van der Waals surface area (Å²) in [5.41, 5.74) is 0. The second-order valence-corrected chi connectivity index (χ2v) is 3.45. The molecular weight excluding hydrogens is 205 g/mol. The minimum atomic E-state index is -4.69. The lowest BCUT2D eigenvalue weighted by molar-refractivity contribution is -0.170. The molecule has 0 fully saturated rings. The number of alkyl halides is 3. The number of allylic oxidation sites excluding steroid dienone is 2. The van der Waals surface area contributed by atoms with Crippen LogP contribution >= 0.6 is 0 Å². The maximum atomic E-state index is 11.7. The number of unbranched alkanes of at least 4 members (excludes halogenated alkanes) is 4. The van der Waals surface area contributed by atoms with Crippen molar-refractivity contribution in [2.24, 2.45) is 0 Å². The zero-order valence-electron chi connectivity index (χ0n) is 8.94. The standard InChI is InChI=1S/C11H17F3O/c1-2-3-4-5-6-7-8-9-10(15)11(12,13)14/h7-8H,2-6,9H2,1H3/b8-7-. The monoisotopic (exact) mass is 222 g/mol. The molecule has 15 heavy (non-hydrogen) atoms. The summed E-state index contributed by atoms with van der Waals surface area (Å²) in [5.74, 6) is -1.67. The van der Waals surface area contributed by atoms with Gasteiger partial charge in [0.05, 0.1) is 0 Å². The predicted molar refractivity (Wildman–Crippen MR) is 53.6 cm³/mol. The van der Waals surface area contributed by atoms with Gasteiger partial charge in [0, 0.05) is 6.42 Å². The molecule has 0 saturated carbocycles. The van der Waals surface area contributed by atoms with E-state index in [-0.39, 0.29) is 0 Å². The number of carbonyl (C=O) groups is 1. The molecule has 0 unspecified atom stereocenters. The van der Waals surface area contributed by atoms with Crippen LogP contribution in [0.2, 0.25) is 0 Å². The van der Waals surface area contributed by atoms with Crippen molar-refractivity contribution in [3.8, 4) is 0 Å². The molecule has 0 amide bonds. The Morgan fingerprint density at radius 3 is 2.33 bits per heavy atom. The van der Waals surface area contributed by atoms with E-state index in [0.29, 0.717) is 0 Å². The normalized spacial score (nSPS) is 12.3. The molecule has 0 aliphatic heterocycles. The van der Waals surface area contributed by atoms with E-state index in [1.165, 1.54) is 6.08 Å². The number of halogens is 3. The van der Waals surface area contributed by atoms with E-state index in [1.807, 2.05) is 0 Å². The lowest BCUT2D eigenvalue weighted by Gasteiger charge is -2.01. The van der Waals surface area contributed by atoms with Gasteiger partial charge in [-0.25, -0.2) is 0 Å². The molecule has 0 bridgehead atoms. The van der Waals surface area contributed by atoms with Crippen molar-refractivity contribution >= 4 is 5.78 Å². The van der Waals surface area contributed by atoms with Crippen molar-refractivity contribution in [2.75, 3.05) is 0 Å². The molecule has 0 atom stereocenters. The first-order chi connectivity index (χ1) is 6.98. The first kappa shape index (κ1) is 14.2. The van der Waals surface area contributed by atoms with Gasteiger partial charge in [-0.15, -0.1) is 0 Å². The molecule has 0 aliphatic carbocycles. The SMILES string of the molecule is CCCCCC/C=C\CC(=O)C(F)(F)F. The van der Waals surface area contributed by atoms with Crippen LogP contribution in [0.1, 0.15) is 45.4 Å². The molecule has 0 N–H and O–H groups in total. The van der Waals surface area contributed by atoms with Crippen LogP contribution in [-0.4, -0.2) is 12.0 Å². The zero-order chi connectivity index (χ0) is 11.7. The van der Waals surface area contributed by atoms with Crippen LogP contribution in [0.4, 0.5) is 13.2 Å². The first-order valence-electron chi connectivity index (χ1n) is 5.23. The fraction of sp³-hybridized carbons (Fsp3) is 0.727. The second-order valence-electron chi connectivity index (χ2n) is 3.45. The maximum absolute atomic E-state index is 11.7. The minimum absolute atomic E-state index is 0.530.